The molecule has 168 valence electrons. The third-order valence-electron chi connectivity index (χ3n) is 4.62. The summed E-state index contributed by atoms with van der Waals surface area (Å²) in [5.74, 6) is 0.963. The summed E-state index contributed by atoms with van der Waals surface area (Å²) in [5.41, 5.74) is 1.82. The third-order valence-corrected chi connectivity index (χ3v) is 6.01. The van der Waals surface area contributed by atoms with Crippen molar-refractivity contribution in [1.82, 2.24) is 0 Å². The molecule has 0 saturated heterocycles. The number of sulfonamides is 1. The molecule has 3 rings (SSSR count). The molecule has 7 nitrogen and oxygen atoms in total. The number of amides is 1. The van der Waals surface area contributed by atoms with E-state index in [-0.39, 0.29) is 10.8 Å². The van der Waals surface area contributed by atoms with E-state index in [1.165, 1.54) is 24.3 Å². The van der Waals surface area contributed by atoms with Gasteiger partial charge in [0, 0.05) is 11.4 Å². The lowest BCUT2D eigenvalue weighted by atomic mass is 10.2. The molecule has 1 amide bonds. The highest BCUT2D eigenvalue weighted by molar-refractivity contribution is 7.92. The molecule has 0 radical (unpaired) electrons. The summed E-state index contributed by atoms with van der Waals surface area (Å²) in [6, 6.07) is 20.0. The molecule has 3 aromatic carbocycles. The monoisotopic (exact) mass is 454 g/mol. The van der Waals surface area contributed by atoms with Crippen LogP contribution in [0.3, 0.4) is 0 Å². The number of aryl methyl sites for hydroxylation is 1. The summed E-state index contributed by atoms with van der Waals surface area (Å²) in [6.07, 6.45) is -0.721. The lowest BCUT2D eigenvalue weighted by Crippen LogP contribution is -2.30. The molecule has 8 heteroatoms. The van der Waals surface area contributed by atoms with Crippen molar-refractivity contribution in [2.75, 3.05) is 16.6 Å². The zero-order valence-electron chi connectivity index (χ0n) is 18.2. The van der Waals surface area contributed by atoms with Crippen molar-refractivity contribution in [2.24, 2.45) is 0 Å². The second-order valence-electron chi connectivity index (χ2n) is 7.10. The Morgan fingerprint density at radius 1 is 0.938 bits per heavy atom. The molecule has 1 atom stereocenters. The lowest BCUT2D eigenvalue weighted by molar-refractivity contribution is -0.122. The fraction of sp³-hybridized carbons (Fsp3) is 0.208. The fourth-order valence-corrected chi connectivity index (χ4v) is 3.95. The number of carbonyl (C=O) groups excluding carboxylic acids is 1. The molecule has 0 fully saturated rings. The van der Waals surface area contributed by atoms with Crippen molar-refractivity contribution in [3.63, 3.8) is 0 Å². The van der Waals surface area contributed by atoms with E-state index in [2.05, 4.69) is 10.0 Å². The molecule has 2 N–H and O–H groups in total. The van der Waals surface area contributed by atoms with Gasteiger partial charge in [-0.15, -0.1) is 0 Å². The summed E-state index contributed by atoms with van der Waals surface area (Å²) in [5, 5.41) is 2.73. The highest BCUT2D eigenvalue weighted by Gasteiger charge is 2.17. The predicted octanol–water partition coefficient (Wildman–Crippen LogP) is 4.60. The van der Waals surface area contributed by atoms with Crippen LogP contribution < -0.4 is 19.5 Å². The van der Waals surface area contributed by atoms with Gasteiger partial charge >= 0.3 is 0 Å². The Kier molecular flexibility index (Phi) is 7.37. The second kappa shape index (κ2) is 10.2. The van der Waals surface area contributed by atoms with Crippen molar-refractivity contribution >= 4 is 27.3 Å². The van der Waals surface area contributed by atoms with Gasteiger partial charge < -0.3 is 14.8 Å². The van der Waals surface area contributed by atoms with Crippen LogP contribution in [0.15, 0.2) is 77.7 Å². The van der Waals surface area contributed by atoms with E-state index in [4.69, 9.17) is 9.47 Å². The van der Waals surface area contributed by atoms with Crippen LogP contribution in [0.2, 0.25) is 0 Å². The van der Waals surface area contributed by atoms with Crippen LogP contribution in [0.4, 0.5) is 11.4 Å². The maximum Gasteiger partial charge on any atom is 0.265 e. The Hall–Kier alpha value is -3.52. The summed E-state index contributed by atoms with van der Waals surface area (Å²) in [4.78, 5) is 12.5. The molecule has 0 bridgehead atoms. The van der Waals surface area contributed by atoms with E-state index < -0.39 is 16.1 Å². The van der Waals surface area contributed by atoms with Crippen molar-refractivity contribution in [1.29, 1.82) is 0 Å². The highest BCUT2D eigenvalue weighted by atomic mass is 32.2. The lowest BCUT2D eigenvalue weighted by Gasteiger charge is -2.16. The first-order chi connectivity index (χ1) is 15.3. The number of benzene rings is 3. The molecule has 0 spiro atoms. The number of ether oxygens (including phenoxy) is 2. The molecule has 0 aromatic heterocycles. The van der Waals surface area contributed by atoms with Gasteiger partial charge in [0.1, 0.15) is 11.5 Å². The number of carbonyl (C=O) groups is 1. The maximum atomic E-state index is 12.6. The van der Waals surface area contributed by atoms with Gasteiger partial charge in [-0.25, -0.2) is 8.42 Å². The Balaban J connectivity index is 1.62. The van der Waals surface area contributed by atoms with Crippen LogP contribution in [0, 0.1) is 6.92 Å². The van der Waals surface area contributed by atoms with E-state index in [9.17, 15) is 13.2 Å². The zero-order chi connectivity index (χ0) is 23.1. The summed E-state index contributed by atoms with van der Waals surface area (Å²) in [6.45, 7) is 5.97. The smallest absolute Gasteiger partial charge is 0.265 e. The Morgan fingerprint density at radius 3 is 2.19 bits per heavy atom. The first-order valence-electron chi connectivity index (χ1n) is 10.2. The van der Waals surface area contributed by atoms with Crippen molar-refractivity contribution in [2.45, 2.75) is 31.8 Å². The van der Waals surface area contributed by atoms with Gasteiger partial charge in [-0.3, -0.25) is 9.52 Å². The van der Waals surface area contributed by atoms with E-state index in [1.54, 1.807) is 37.3 Å². The van der Waals surface area contributed by atoms with Gasteiger partial charge in [0.15, 0.2) is 6.10 Å². The van der Waals surface area contributed by atoms with Gasteiger partial charge in [0.25, 0.3) is 15.9 Å². The van der Waals surface area contributed by atoms with Crippen molar-refractivity contribution < 1.29 is 22.7 Å². The van der Waals surface area contributed by atoms with Crippen LogP contribution in [0.25, 0.3) is 0 Å². The minimum Gasteiger partial charge on any atom is -0.494 e. The second-order valence-corrected chi connectivity index (χ2v) is 8.78. The summed E-state index contributed by atoms with van der Waals surface area (Å²) >= 11 is 0. The van der Waals surface area contributed by atoms with E-state index in [0.717, 1.165) is 5.56 Å². The van der Waals surface area contributed by atoms with Crippen molar-refractivity contribution in [3.8, 4) is 11.5 Å². The number of nitrogens with one attached hydrogen (secondary N) is 2. The summed E-state index contributed by atoms with van der Waals surface area (Å²) in [7, 11) is -3.77. The predicted molar refractivity (Wildman–Crippen MR) is 125 cm³/mol. The number of hydrogen-bond acceptors (Lipinski definition) is 5. The van der Waals surface area contributed by atoms with Gasteiger partial charge in [-0.1, -0.05) is 18.2 Å². The highest BCUT2D eigenvalue weighted by Crippen LogP contribution is 2.22. The average Bonchev–Trinajstić information content (AvgIpc) is 2.77. The number of para-hydroxylation sites is 1. The third kappa shape index (κ3) is 6.01. The maximum absolute atomic E-state index is 12.6. The van der Waals surface area contributed by atoms with E-state index >= 15 is 0 Å². The number of rotatable bonds is 9. The minimum absolute atomic E-state index is 0.0774. The molecule has 3 aromatic rings. The van der Waals surface area contributed by atoms with Gasteiger partial charge in [-0.2, -0.15) is 0 Å². The molecule has 0 aliphatic heterocycles. The van der Waals surface area contributed by atoms with Crippen molar-refractivity contribution in [3.05, 3.63) is 78.4 Å². The molecular formula is C24H26N2O5S. The fourth-order valence-electron chi connectivity index (χ4n) is 2.89. The first kappa shape index (κ1) is 23.1. The molecule has 0 aliphatic rings. The van der Waals surface area contributed by atoms with Crippen LogP contribution >= 0.6 is 0 Å². The number of anilines is 2. The SMILES string of the molecule is CCOc1ccc(NS(=O)(=O)c2ccc(NC(=O)[C@H](C)Oc3ccccc3C)cc2)cc1. The number of hydrogen-bond donors (Lipinski definition) is 2. The molecule has 0 heterocycles. The topological polar surface area (TPSA) is 93.7 Å². The largest absolute Gasteiger partial charge is 0.494 e. The summed E-state index contributed by atoms with van der Waals surface area (Å²) < 4.78 is 38.9. The Morgan fingerprint density at radius 2 is 1.56 bits per heavy atom. The Labute approximate surface area is 188 Å². The van der Waals surface area contributed by atoms with Crippen LogP contribution in [-0.2, 0) is 14.8 Å². The normalized spacial score (nSPS) is 12.0. The van der Waals surface area contributed by atoms with Crippen LogP contribution in [0.1, 0.15) is 19.4 Å². The van der Waals surface area contributed by atoms with Crippen LogP contribution in [0.5, 0.6) is 11.5 Å². The standard InChI is InChI=1S/C24H26N2O5S/c1-4-30-21-13-9-20(10-14-21)26-32(28,29)22-15-11-19(12-16-22)25-24(27)18(3)31-23-8-6-5-7-17(23)2/h5-16,18,26H,4H2,1-3H3,(H,25,27)/t18-/m0/s1. The molecule has 0 unspecified atom stereocenters. The Bertz CT molecular complexity index is 1160. The molecule has 0 aliphatic carbocycles. The molecule has 0 saturated carbocycles. The zero-order valence-corrected chi connectivity index (χ0v) is 19.0. The first-order valence-corrected chi connectivity index (χ1v) is 11.7. The van der Waals surface area contributed by atoms with Gasteiger partial charge in [0.05, 0.1) is 11.5 Å². The molecular weight excluding hydrogens is 428 g/mol. The minimum atomic E-state index is -3.77. The molecule has 32 heavy (non-hydrogen) atoms. The van der Waals surface area contributed by atoms with Gasteiger partial charge in [-0.05, 0) is 80.9 Å². The van der Waals surface area contributed by atoms with E-state index in [0.29, 0.717) is 29.5 Å². The van der Waals surface area contributed by atoms with E-state index in [1.807, 2.05) is 32.0 Å². The average molecular weight is 455 g/mol. The van der Waals surface area contributed by atoms with Crippen LogP contribution in [-0.4, -0.2) is 27.0 Å². The van der Waals surface area contributed by atoms with Gasteiger partial charge in [0.2, 0.25) is 0 Å². The quantitative estimate of drug-likeness (QED) is 0.493.